The summed E-state index contributed by atoms with van der Waals surface area (Å²) in [6, 6.07) is 0. The molecule has 0 radical (unpaired) electrons. The maximum absolute atomic E-state index is 12.6. The van der Waals surface area contributed by atoms with Gasteiger partial charge in [0.2, 0.25) is 0 Å². The second-order valence-corrected chi connectivity index (χ2v) is 14.8. The number of carbonyl (C=O) groups excluding carboxylic acids is 1. The van der Waals surface area contributed by atoms with Gasteiger partial charge in [-0.3, -0.25) is 4.79 Å². The normalized spacial score (nSPS) is 12.3. The van der Waals surface area contributed by atoms with E-state index in [1.807, 2.05) is 0 Å². The molecule has 48 heavy (non-hydrogen) atoms. The van der Waals surface area contributed by atoms with Crippen molar-refractivity contribution in [2.24, 2.45) is 0 Å². The van der Waals surface area contributed by atoms with Gasteiger partial charge in [-0.25, -0.2) is 0 Å². The standard InChI is InChI=1S/C43H87NO4/c1-4-7-10-13-15-16-17-24-31-40-47-41-32-25-23-30-37-44(38-39-45)36-29-22-18-21-28-35-43(46)48-42(33-26-19-12-9-6-3)34-27-20-14-11-8-5-2/h42,45H,4-41H2,1-3H3. The summed E-state index contributed by atoms with van der Waals surface area (Å²) in [5.74, 6) is 0.0269. The Balaban J connectivity index is 3.84. The summed E-state index contributed by atoms with van der Waals surface area (Å²) in [5.41, 5.74) is 0. The number of aliphatic hydroxyl groups is 1. The largest absolute Gasteiger partial charge is 0.462 e. The van der Waals surface area contributed by atoms with E-state index in [2.05, 4.69) is 25.7 Å². The topological polar surface area (TPSA) is 59.0 Å². The third kappa shape index (κ3) is 36.6. The maximum atomic E-state index is 12.6. The summed E-state index contributed by atoms with van der Waals surface area (Å²) in [6.07, 6.45) is 39.7. The monoisotopic (exact) mass is 682 g/mol. The van der Waals surface area contributed by atoms with Crippen molar-refractivity contribution >= 4 is 5.97 Å². The van der Waals surface area contributed by atoms with Crippen LogP contribution in [-0.2, 0) is 14.3 Å². The van der Waals surface area contributed by atoms with Crippen molar-refractivity contribution < 1.29 is 19.4 Å². The Bertz CT molecular complexity index is 616. The lowest BCUT2D eigenvalue weighted by molar-refractivity contribution is -0.150. The first-order valence-electron chi connectivity index (χ1n) is 21.8. The predicted octanol–water partition coefficient (Wildman–Crippen LogP) is 12.8. The minimum absolute atomic E-state index is 0.0269. The Labute approximate surface area is 301 Å². The van der Waals surface area contributed by atoms with Crippen LogP contribution in [-0.4, -0.2) is 61.5 Å². The Kier molecular flexibility index (Phi) is 40.2. The van der Waals surface area contributed by atoms with Crippen LogP contribution in [0.25, 0.3) is 0 Å². The molecule has 1 N–H and O–H groups in total. The number of esters is 1. The number of aliphatic hydroxyl groups excluding tert-OH is 1. The number of hydrogen-bond acceptors (Lipinski definition) is 5. The second kappa shape index (κ2) is 40.8. The fourth-order valence-electron chi connectivity index (χ4n) is 6.76. The number of hydrogen-bond donors (Lipinski definition) is 1. The third-order valence-electron chi connectivity index (χ3n) is 9.98. The smallest absolute Gasteiger partial charge is 0.306 e. The van der Waals surface area contributed by atoms with E-state index in [0.717, 1.165) is 58.5 Å². The second-order valence-electron chi connectivity index (χ2n) is 14.8. The van der Waals surface area contributed by atoms with E-state index in [9.17, 15) is 9.90 Å². The van der Waals surface area contributed by atoms with Crippen LogP contribution >= 0.6 is 0 Å². The highest BCUT2D eigenvalue weighted by Gasteiger charge is 2.14. The molecule has 0 bridgehead atoms. The average Bonchev–Trinajstić information content (AvgIpc) is 3.08. The fraction of sp³-hybridized carbons (Fsp3) is 0.977. The highest BCUT2D eigenvalue weighted by Crippen LogP contribution is 2.18. The van der Waals surface area contributed by atoms with E-state index in [1.54, 1.807) is 0 Å². The molecule has 0 aromatic carbocycles. The van der Waals surface area contributed by atoms with Crippen molar-refractivity contribution in [3.05, 3.63) is 0 Å². The lowest BCUT2D eigenvalue weighted by Crippen LogP contribution is -2.29. The Morgan fingerprint density at radius 2 is 0.854 bits per heavy atom. The van der Waals surface area contributed by atoms with Crippen LogP contribution in [0.5, 0.6) is 0 Å². The third-order valence-corrected chi connectivity index (χ3v) is 9.98. The van der Waals surface area contributed by atoms with Gasteiger partial charge >= 0.3 is 5.97 Å². The number of carbonyl (C=O) groups is 1. The molecule has 0 aliphatic heterocycles. The predicted molar refractivity (Wildman–Crippen MR) is 209 cm³/mol. The zero-order chi connectivity index (χ0) is 35.0. The zero-order valence-corrected chi connectivity index (χ0v) is 33.1. The molecule has 0 saturated carbocycles. The van der Waals surface area contributed by atoms with Crippen molar-refractivity contribution in [1.29, 1.82) is 0 Å². The van der Waals surface area contributed by atoms with Gasteiger partial charge in [-0.15, -0.1) is 0 Å². The summed E-state index contributed by atoms with van der Waals surface area (Å²) in [6.45, 7) is 11.8. The van der Waals surface area contributed by atoms with Crippen molar-refractivity contribution in [2.75, 3.05) is 39.5 Å². The summed E-state index contributed by atoms with van der Waals surface area (Å²) >= 11 is 0. The first-order chi connectivity index (χ1) is 23.7. The molecule has 1 atom stereocenters. The molecule has 0 rings (SSSR count). The minimum Gasteiger partial charge on any atom is -0.462 e. The molecule has 0 aromatic heterocycles. The molecule has 5 nitrogen and oxygen atoms in total. The molecule has 0 fully saturated rings. The summed E-state index contributed by atoms with van der Waals surface area (Å²) in [5, 5.41) is 9.53. The average molecular weight is 682 g/mol. The van der Waals surface area contributed by atoms with E-state index >= 15 is 0 Å². The molecular weight excluding hydrogens is 594 g/mol. The molecule has 1 unspecified atom stereocenters. The van der Waals surface area contributed by atoms with E-state index < -0.39 is 0 Å². The first kappa shape index (κ1) is 47.4. The van der Waals surface area contributed by atoms with E-state index in [0.29, 0.717) is 6.42 Å². The van der Waals surface area contributed by atoms with Crippen LogP contribution < -0.4 is 0 Å². The molecule has 0 saturated heterocycles. The molecule has 0 amide bonds. The number of ether oxygens (including phenoxy) is 2. The molecule has 0 heterocycles. The van der Waals surface area contributed by atoms with Crippen LogP contribution in [0, 0.1) is 0 Å². The molecule has 5 heteroatoms. The minimum atomic E-state index is 0.0269. The molecular formula is C43H87NO4. The van der Waals surface area contributed by atoms with Gasteiger partial charge in [-0.2, -0.15) is 0 Å². The van der Waals surface area contributed by atoms with Gasteiger partial charge in [0.05, 0.1) is 6.61 Å². The Morgan fingerprint density at radius 1 is 0.479 bits per heavy atom. The fourth-order valence-corrected chi connectivity index (χ4v) is 6.76. The summed E-state index contributed by atoms with van der Waals surface area (Å²) in [7, 11) is 0. The SMILES string of the molecule is CCCCCCCCCCCOCCCCCCN(CCO)CCCCCCCC(=O)OC(CCCCCCC)CCCCCCCC. The Morgan fingerprint density at radius 3 is 1.29 bits per heavy atom. The van der Waals surface area contributed by atoms with Crippen LogP contribution in [0.3, 0.4) is 0 Å². The van der Waals surface area contributed by atoms with Crippen molar-refractivity contribution in [1.82, 2.24) is 4.90 Å². The van der Waals surface area contributed by atoms with Gasteiger partial charge in [0.25, 0.3) is 0 Å². The number of nitrogens with zero attached hydrogens (tertiary/aromatic N) is 1. The van der Waals surface area contributed by atoms with Crippen LogP contribution in [0.1, 0.15) is 226 Å². The lowest BCUT2D eigenvalue weighted by Gasteiger charge is -2.21. The summed E-state index contributed by atoms with van der Waals surface area (Å²) in [4.78, 5) is 15.1. The molecule has 0 aliphatic carbocycles. The van der Waals surface area contributed by atoms with Gasteiger partial charge in [0.1, 0.15) is 6.10 Å². The van der Waals surface area contributed by atoms with Gasteiger partial charge in [0.15, 0.2) is 0 Å². The van der Waals surface area contributed by atoms with E-state index in [4.69, 9.17) is 9.47 Å². The highest BCUT2D eigenvalue weighted by molar-refractivity contribution is 5.69. The van der Waals surface area contributed by atoms with Gasteiger partial charge in [0, 0.05) is 26.2 Å². The van der Waals surface area contributed by atoms with Crippen molar-refractivity contribution in [3.63, 3.8) is 0 Å². The van der Waals surface area contributed by atoms with E-state index in [1.165, 1.54) is 173 Å². The van der Waals surface area contributed by atoms with E-state index in [-0.39, 0.29) is 18.7 Å². The van der Waals surface area contributed by atoms with Gasteiger partial charge in [-0.1, -0.05) is 162 Å². The van der Waals surface area contributed by atoms with Crippen molar-refractivity contribution in [2.45, 2.75) is 232 Å². The highest BCUT2D eigenvalue weighted by atomic mass is 16.5. The van der Waals surface area contributed by atoms with Crippen LogP contribution in [0.4, 0.5) is 0 Å². The molecule has 0 aliphatic rings. The van der Waals surface area contributed by atoms with Crippen molar-refractivity contribution in [3.8, 4) is 0 Å². The molecule has 288 valence electrons. The Hall–Kier alpha value is -0.650. The lowest BCUT2D eigenvalue weighted by atomic mass is 10.0. The molecule has 0 spiro atoms. The van der Waals surface area contributed by atoms with Gasteiger partial charge in [-0.05, 0) is 70.9 Å². The van der Waals surface area contributed by atoms with Crippen LogP contribution in [0.15, 0.2) is 0 Å². The first-order valence-corrected chi connectivity index (χ1v) is 21.8. The van der Waals surface area contributed by atoms with Crippen LogP contribution in [0.2, 0.25) is 0 Å². The van der Waals surface area contributed by atoms with Gasteiger partial charge < -0.3 is 19.5 Å². The maximum Gasteiger partial charge on any atom is 0.306 e. The number of rotatable bonds is 41. The summed E-state index contributed by atoms with van der Waals surface area (Å²) < 4.78 is 11.9. The quantitative estimate of drug-likeness (QED) is 0.0514. The number of unbranched alkanes of at least 4 members (excludes halogenated alkanes) is 24. The zero-order valence-electron chi connectivity index (χ0n) is 33.1. The molecule has 0 aromatic rings.